The number of hydrogen-bond acceptors (Lipinski definition) is 4. The van der Waals surface area contributed by atoms with Gasteiger partial charge in [-0.05, 0) is 42.3 Å². The van der Waals surface area contributed by atoms with Gasteiger partial charge in [0.25, 0.3) is 5.91 Å². The summed E-state index contributed by atoms with van der Waals surface area (Å²) >= 11 is 0. The van der Waals surface area contributed by atoms with E-state index in [0.717, 1.165) is 22.5 Å². The summed E-state index contributed by atoms with van der Waals surface area (Å²) < 4.78 is 0. The molecule has 2 aromatic carbocycles. The Kier molecular flexibility index (Phi) is 5.74. The largest absolute Gasteiger partial charge is 0.378 e. The quantitative estimate of drug-likeness (QED) is 0.637. The van der Waals surface area contributed by atoms with E-state index in [1.54, 1.807) is 6.21 Å². The predicted octanol–water partition coefficient (Wildman–Crippen LogP) is 2.62. The maximum Gasteiger partial charge on any atom is 0.259 e. The van der Waals surface area contributed by atoms with Crippen LogP contribution in [0.4, 0.5) is 11.4 Å². The van der Waals surface area contributed by atoms with E-state index in [1.807, 2.05) is 74.4 Å². The lowest BCUT2D eigenvalue weighted by Crippen LogP contribution is -2.25. The van der Waals surface area contributed by atoms with Gasteiger partial charge in [-0.1, -0.05) is 24.3 Å². The van der Waals surface area contributed by atoms with Crippen molar-refractivity contribution in [3.63, 3.8) is 0 Å². The number of aryl methyl sites for hydroxylation is 1. The van der Waals surface area contributed by atoms with Crippen LogP contribution in [0.3, 0.4) is 0 Å². The first-order valence-electron chi connectivity index (χ1n) is 7.44. The summed E-state index contributed by atoms with van der Waals surface area (Å²) in [5.74, 6) is -0.187. The van der Waals surface area contributed by atoms with Gasteiger partial charge in [0.05, 0.1) is 12.8 Å². The number of nitrogens with one attached hydrogen (secondary N) is 2. The average Bonchev–Trinajstić information content (AvgIpc) is 2.53. The second kappa shape index (κ2) is 7.98. The molecule has 5 nitrogen and oxygen atoms in total. The molecule has 0 aliphatic heterocycles. The molecular weight excluding hydrogens is 288 g/mol. The first-order valence-corrected chi connectivity index (χ1v) is 7.44. The SMILES string of the molecule is Cc1cccc(NCC(=O)NN=Cc2ccc(N(C)C)cc2)c1. The Labute approximate surface area is 137 Å². The first-order chi connectivity index (χ1) is 11.0. The lowest BCUT2D eigenvalue weighted by atomic mass is 10.2. The summed E-state index contributed by atoms with van der Waals surface area (Å²) in [6, 6.07) is 15.8. The minimum Gasteiger partial charge on any atom is -0.378 e. The van der Waals surface area contributed by atoms with Gasteiger partial charge in [0.1, 0.15) is 0 Å². The van der Waals surface area contributed by atoms with E-state index in [0.29, 0.717) is 0 Å². The second-order valence-corrected chi connectivity index (χ2v) is 5.50. The summed E-state index contributed by atoms with van der Waals surface area (Å²) in [5.41, 5.74) is 6.63. The van der Waals surface area contributed by atoms with Gasteiger partial charge in [-0.3, -0.25) is 4.79 Å². The maximum absolute atomic E-state index is 11.7. The molecule has 0 aromatic heterocycles. The molecule has 2 rings (SSSR count). The van der Waals surface area contributed by atoms with Crippen LogP contribution >= 0.6 is 0 Å². The van der Waals surface area contributed by atoms with Gasteiger partial charge in [-0.15, -0.1) is 0 Å². The number of amides is 1. The van der Waals surface area contributed by atoms with Crippen molar-refractivity contribution < 1.29 is 4.79 Å². The summed E-state index contributed by atoms with van der Waals surface area (Å²) in [5, 5.41) is 7.03. The van der Waals surface area contributed by atoms with Gasteiger partial charge in [0, 0.05) is 25.5 Å². The lowest BCUT2D eigenvalue weighted by Gasteiger charge is -2.11. The van der Waals surface area contributed by atoms with Crippen LogP contribution in [0.15, 0.2) is 53.6 Å². The standard InChI is InChI=1S/C18H22N4O/c1-14-5-4-6-16(11-14)19-13-18(23)21-20-12-15-7-9-17(10-8-15)22(2)3/h4-12,19H,13H2,1-3H3,(H,21,23). The molecule has 23 heavy (non-hydrogen) atoms. The lowest BCUT2D eigenvalue weighted by molar-refractivity contribution is -0.119. The van der Waals surface area contributed by atoms with E-state index in [9.17, 15) is 4.79 Å². The van der Waals surface area contributed by atoms with Crippen LogP contribution in [-0.2, 0) is 4.79 Å². The fourth-order valence-electron chi connectivity index (χ4n) is 2.01. The number of hydrogen-bond donors (Lipinski definition) is 2. The van der Waals surface area contributed by atoms with Gasteiger partial charge < -0.3 is 10.2 Å². The molecule has 0 radical (unpaired) electrons. The Bertz CT molecular complexity index is 678. The van der Waals surface area contributed by atoms with E-state index >= 15 is 0 Å². The Hall–Kier alpha value is -2.82. The molecule has 0 spiro atoms. The van der Waals surface area contributed by atoms with E-state index in [-0.39, 0.29) is 12.5 Å². The first kappa shape index (κ1) is 16.5. The summed E-state index contributed by atoms with van der Waals surface area (Å²) in [6.07, 6.45) is 1.63. The molecule has 0 saturated heterocycles. The normalized spacial score (nSPS) is 10.6. The molecule has 0 fully saturated rings. The highest BCUT2D eigenvalue weighted by Gasteiger charge is 1.99. The van der Waals surface area contributed by atoms with Crippen LogP contribution in [-0.4, -0.2) is 32.8 Å². The number of nitrogens with zero attached hydrogens (tertiary/aromatic N) is 2. The van der Waals surface area contributed by atoms with Gasteiger partial charge in [-0.25, -0.2) is 5.43 Å². The molecule has 5 heteroatoms. The highest BCUT2D eigenvalue weighted by atomic mass is 16.2. The van der Waals surface area contributed by atoms with Crippen LogP contribution in [0.25, 0.3) is 0 Å². The predicted molar refractivity (Wildman–Crippen MR) is 96.2 cm³/mol. The Balaban J connectivity index is 1.79. The molecule has 0 saturated carbocycles. The van der Waals surface area contributed by atoms with Crippen molar-refractivity contribution in [2.45, 2.75) is 6.92 Å². The fraction of sp³-hybridized carbons (Fsp3) is 0.222. The van der Waals surface area contributed by atoms with Gasteiger partial charge in [-0.2, -0.15) is 5.10 Å². The van der Waals surface area contributed by atoms with E-state index in [1.165, 1.54) is 0 Å². The monoisotopic (exact) mass is 310 g/mol. The number of benzene rings is 2. The van der Waals surface area contributed by atoms with Gasteiger partial charge >= 0.3 is 0 Å². The summed E-state index contributed by atoms with van der Waals surface area (Å²) in [7, 11) is 3.98. The molecule has 2 aromatic rings. The smallest absolute Gasteiger partial charge is 0.259 e. The third-order valence-corrected chi connectivity index (χ3v) is 3.28. The number of hydrazone groups is 1. The molecule has 120 valence electrons. The van der Waals surface area contributed by atoms with Crippen molar-refractivity contribution in [1.29, 1.82) is 0 Å². The van der Waals surface area contributed by atoms with Crippen LogP contribution in [0.2, 0.25) is 0 Å². The third-order valence-electron chi connectivity index (χ3n) is 3.28. The zero-order chi connectivity index (χ0) is 16.7. The van der Waals surface area contributed by atoms with Crippen molar-refractivity contribution >= 4 is 23.5 Å². The molecule has 0 atom stereocenters. The minimum absolute atomic E-state index is 0.181. The van der Waals surface area contributed by atoms with E-state index in [4.69, 9.17) is 0 Å². The van der Waals surface area contributed by atoms with Crippen LogP contribution in [0.1, 0.15) is 11.1 Å². The third kappa shape index (κ3) is 5.47. The van der Waals surface area contributed by atoms with Crippen molar-refractivity contribution in [1.82, 2.24) is 5.43 Å². The number of carbonyl (C=O) groups is 1. The molecule has 0 bridgehead atoms. The van der Waals surface area contributed by atoms with Crippen molar-refractivity contribution in [2.24, 2.45) is 5.10 Å². The molecule has 0 aliphatic rings. The highest BCUT2D eigenvalue weighted by molar-refractivity contribution is 5.84. The molecule has 0 heterocycles. The molecule has 0 aliphatic carbocycles. The zero-order valence-corrected chi connectivity index (χ0v) is 13.7. The fourth-order valence-corrected chi connectivity index (χ4v) is 2.01. The molecule has 1 amide bonds. The van der Waals surface area contributed by atoms with Gasteiger partial charge in [0.2, 0.25) is 0 Å². The van der Waals surface area contributed by atoms with E-state index in [2.05, 4.69) is 15.8 Å². The second-order valence-electron chi connectivity index (χ2n) is 5.50. The Morgan fingerprint density at radius 2 is 1.91 bits per heavy atom. The van der Waals surface area contributed by atoms with E-state index < -0.39 is 0 Å². The minimum atomic E-state index is -0.187. The summed E-state index contributed by atoms with van der Waals surface area (Å²) in [6.45, 7) is 2.19. The number of carbonyl (C=O) groups excluding carboxylic acids is 1. The molecular formula is C18H22N4O. The number of anilines is 2. The highest BCUT2D eigenvalue weighted by Crippen LogP contribution is 2.11. The van der Waals surface area contributed by atoms with Crippen molar-refractivity contribution in [2.75, 3.05) is 30.9 Å². The molecule has 2 N–H and O–H groups in total. The Morgan fingerprint density at radius 3 is 2.57 bits per heavy atom. The zero-order valence-electron chi connectivity index (χ0n) is 13.7. The van der Waals surface area contributed by atoms with Crippen LogP contribution in [0.5, 0.6) is 0 Å². The van der Waals surface area contributed by atoms with Crippen molar-refractivity contribution in [3.05, 3.63) is 59.7 Å². The topological polar surface area (TPSA) is 56.7 Å². The van der Waals surface area contributed by atoms with Crippen LogP contribution in [0, 0.1) is 6.92 Å². The average molecular weight is 310 g/mol. The van der Waals surface area contributed by atoms with Crippen molar-refractivity contribution in [3.8, 4) is 0 Å². The van der Waals surface area contributed by atoms with Crippen LogP contribution < -0.4 is 15.6 Å². The number of rotatable bonds is 6. The summed E-state index contributed by atoms with van der Waals surface area (Å²) in [4.78, 5) is 13.8. The Morgan fingerprint density at radius 1 is 1.17 bits per heavy atom. The maximum atomic E-state index is 11.7. The van der Waals surface area contributed by atoms with Gasteiger partial charge in [0.15, 0.2) is 0 Å². The molecule has 0 unspecified atom stereocenters.